The fourth-order valence-corrected chi connectivity index (χ4v) is 0.908. The van der Waals surface area contributed by atoms with Crippen LogP contribution in [0.2, 0.25) is 0 Å². The van der Waals surface area contributed by atoms with Crippen molar-refractivity contribution in [3.05, 3.63) is 0 Å². The number of unbranched alkanes of at least 4 members (excludes halogenated alkanes) is 1. The minimum atomic E-state index is -0.977. The third kappa shape index (κ3) is 7.70. The Morgan fingerprint density at radius 3 is 2.57 bits per heavy atom. The molecule has 0 spiro atoms. The normalized spacial score (nSPS) is 12.4. The number of carboxylic acids is 1. The topological polar surface area (TPSA) is 89.6 Å². The van der Waals surface area contributed by atoms with E-state index in [9.17, 15) is 9.59 Å². The van der Waals surface area contributed by atoms with Crippen LogP contribution in [0.1, 0.15) is 26.2 Å². The zero-order valence-corrected chi connectivity index (χ0v) is 8.36. The Labute approximate surface area is 83.2 Å². The summed E-state index contributed by atoms with van der Waals surface area (Å²) in [6, 6.07) is -0.789. The number of ketones is 1. The lowest BCUT2D eigenvalue weighted by Crippen LogP contribution is -2.29. The third-order valence-corrected chi connectivity index (χ3v) is 1.68. The van der Waals surface area contributed by atoms with Gasteiger partial charge in [0, 0.05) is 6.61 Å². The van der Waals surface area contributed by atoms with Gasteiger partial charge >= 0.3 is 5.97 Å². The maximum absolute atomic E-state index is 10.5. The molecule has 0 aromatic rings. The van der Waals surface area contributed by atoms with Gasteiger partial charge in [-0.25, -0.2) is 0 Å². The van der Waals surface area contributed by atoms with E-state index in [4.69, 9.17) is 15.6 Å². The maximum Gasteiger partial charge on any atom is 0.320 e. The summed E-state index contributed by atoms with van der Waals surface area (Å²) in [5.41, 5.74) is 5.28. The van der Waals surface area contributed by atoms with E-state index in [-0.39, 0.29) is 12.4 Å². The number of hydrogen-bond acceptors (Lipinski definition) is 4. The predicted molar refractivity (Wildman–Crippen MR) is 51.0 cm³/mol. The second kappa shape index (κ2) is 7.46. The number of hydrogen-bond donors (Lipinski definition) is 2. The summed E-state index contributed by atoms with van der Waals surface area (Å²) in [4.78, 5) is 20.8. The van der Waals surface area contributed by atoms with Crippen LogP contribution in [0.4, 0.5) is 0 Å². The second-order valence-corrected chi connectivity index (χ2v) is 3.20. The van der Waals surface area contributed by atoms with E-state index in [1.54, 1.807) is 0 Å². The molecule has 0 fully saturated rings. The van der Waals surface area contributed by atoms with Crippen LogP contribution in [0.15, 0.2) is 0 Å². The minimum absolute atomic E-state index is 0.00719. The van der Waals surface area contributed by atoms with Crippen molar-refractivity contribution in [1.82, 2.24) is 0 Å². The standard InChI is InChI=1S/C9H17NO4/c1-7(11)6-14-5-3-2-4-8(10)9(12)13/h8H,2-6,10H2,1H3,(H,12,13). The number of carboxylic acid groups (broad SMARTS) is 1. The number of ether oxygens (including phenoxy) is 1. The van der Waals surface area contributed by atoms with Gasteiger partial charge in [0.15, 0.2) is 5.78 Å². The highest BCUT2D eigenvalue weighted by atomic mass is 16.5. The highest BCUT2D eigenvalue weighted by Gasteiger charge is 2.09. The van der Waals surface area contributed by atoms with E-state index in [2.05, 4.69) is 0 Å². The van der Waals surface area contributed by atoms with E-state index in [0.29, 0.717) is 19.4 Å². The molecule has 0 heterocycles. The highest BCUT2D eigenvalue weighted by Crippen LogP contribution is 1.99. The quantitative estimate of drug-likeness (QED) is 0.549. The first kappa shape index (κ1) is 13.1. The lowest BCUT2D eigenvalue weighted by molar-refractivity contribution is -0.138. The summed E-state index contributed by atoms with van der Waals surface area (Å²) in [6.07, 6.45) is 1.87. The third-order valence-electron chi connectivity index (χ3n) is 1.68. The van der Waals surface area contributed by atoms with Gasteiger partial charge in [-0.1, -0.05) is 0 Å². The Morgan fingerprint density at radius 2 is 2.07 bits per heavy atom. The zero-order valence-electron chi connectivity index (χ0n) is 8.36. The van der Waals surface area contributed by atoms with Crippen molar-refractivity contribution in [3.8, 4) is 0 Å². The smallest absolute Gasteiger partial charge is 0.320 e. The van der Waals surface area contributed by atoms with E-state index >= 15 is 0 Å². The summed E-state index contributed by atoms with van der Waals surface area (Å²) < 4.78 is 5.00. The predicted octanol–water partition coefficient (Wildman–Crippen LogP) is 0.174. The van der Waals surface area contributed by atoms with Crippen molar-refractivity contribution < 1.29 is 19.4 Å². The van der Waals surface area contributed by atoms with Crippen LogP contribution in [-0.2, 0) is 14.3 Å². The van der Waals surface area contributed by atoms with Crippen molar-refractivity contribution in [2.45, 2.75) is 32.2 Å². The largest absolute Gasteiger partial charge is 0.480 e. The van der Waals surface area contributed by atoms with Crippen LogP contribution >= 0.6 is 0 Å². The molecule has 0 amide bonds. The molecule has 82 valence electrons. The Kier molecular flexibility index (Phi) is 6.96. The Bertz CT molecular complexity index is 193. The van der Waals surface area contributed by atoms with E-state index in [1.807, 2.05) is 0 Å². The van der Waals surface area contributed by atoms with Crippen molar-refractivity contribution in [2.75, 3.05) is 13.2 Å². The number of carbonyl (C=O) groups excluding carboxylic acids is 1. The summed E-state index contributed by atoms with van der Waals surface area (Å²) in [5, 5.41) is 8.46. The summed E-state index contributed by atoms with van der Waals surface area (Å²) >= 11 is 0. The Balaban J connectivity index is 3.21. The number of aliphatic carboxylic acids is 1. The van der Waals surface area contributed by atoms with Crippen molar-refractivity contribution >= 4 is 11.8 Å². The van der Waals surface area contributed by atoms with Gasteiger partial charge in [-0.05, 0) is 26.2 Å². The molecule has 5 heteroatoms. The summed E-state index contributed by atoms with van der Waals surface area (Å²) in [7, 11) is 0. The zero-order chi connectivity index (χ0) is 11.0. The fourth-order valence-electron chi connectivity index (χ4n) is 0.908. The van der Waals surface area contributed by atoms with Gasteiger partial charge in [-0.3, -0.25) is 9.59 Å². The molecular weight excluding hydrogens is 186 g/mol. The molecule has 1 atom stereocenters. The van der Waals surface area contributed by atoms with Crippen molar-refractivity contribution in [1.29, 1.82) is 0 Å². The van der Waals surface area contributed by atoms with Gasteiger partial charge < -0.3 is 15.6 Å². The molecule has 0 bridgehead atoms. The number of carbonyl (C=O) groups is 2. The number of Topliss-reactive ketones (excluding diaryl/α,β-unsaturated/α-hetero) is 1. The van der Waals surface area contributed by atoms with Gasteiger partial charge in [0.25, 0.3) is 0 Å². The van der Waals surface area contributed by atoms with Crippen LogP contribution in [0, 0.1) is 0 Å². The average molecular weight is 203 g/mol. The van der Waals surface area contributed by atoms with Crippen LogP contribution in [0.3, 0.4) is 0 Å². The molecule has 14 heavy (non-hydrogen) atoms. The molecule has 0 aliphatic rings. The van der Waals surface area contributed by atoms with Crippen LogP contribution < -0.4 is 5.73 Å². The molecule has 0 rings (SSSR count). The molecule has 0 saturated carbocycles. The van der Waals surface area contributed by atoms with Crippen LogP contribution in [0.5, 0.6) is 0 Å². The molecular formula is C9H17NO4. The molecule has 0 aromatic heterocycles. The van der Waals surface area contributed by atoms with Gasteiger partial charge in [0.05, 0.1) is 0 Å². The van der Waals surface area contributed by atoms with E-state index < -0.39 is 12.0 Å². The van der Waals surface area contributed by atoms with Gasteiger partial charge in [-0.15, -0.1) is 0 Å². The maximum atomic E-state index is 10.5. The lowest BCUT2D eigenvalue weighted by atomic mass is 10.1. The Morgan fingerprint density at radius 1 is 1.43 bits per heavy atom. The second-order valence-electron chi connectivity index (χ2n) is 3.20. The van der Waals surface area contributed by atoms with Gasteiger partial charge in [0.1, 0.15) is 12.6 Å². The van der Waals surface area contributed by atoms with Crippen LogP contribution in [-0.4, -0.2) is 36.1 Å². The summed E-state index contributed by atoms with van der Waals surface area (Å²) in [5.74, 6) is -0.984. The van der Waals surface area contributed by atoms with Crippen molar-refractivity contribution in [3.63, 3.8) is 0 Å². The summed E-state index contributed by atoms with van der Waals surface area (Å²) in [6.45, 7) is 2.07. The van der Waals surface area contributed by atoms with Gasteiger partial charge in [-0.2, -0.15) is 0 Å². The number of rotatable bonds is 8. The molecule has 0 radical (unpaired) electrons. The van der Waals surface area contributed by atoms with Crippen molar-refractivity contribution in [2.24, 2.45) is 5.73 Å². The first-order chi connectivity index (χ1) is 6.54. The molecule has 0 aliphatic carbocycles. The monoisotopic (exact) mass is 203 g/mol. The first-order valence-corrected chi connectivity index (χ1v) is 4.59. The fraction of sp³-hybridized carbons (Fsp3) is 0.778. The molecule has 0 aliphatic heterocycles. The molecule has 1 unspecified atom stereocenters. The van der Waals surface area contributed by atoms with E-state index in [1.165, 1.54) is 6.92 Å². The van der Waals surface area contributed by atoms with Crippen LogP contribution in [0.25, 0.3) is 0 Å². The highest BCUT2D eigenvalue weighted by molar-refractivity contribution is 5.76. The first-order valence-electron chi connectivity index (χ1n) is 4.59. The Hall–Kier alpha value is -0.940. The van der Waals surface area contributed by atoms with Gasteiger partial charge in [0.2, 0.25) is 0 Å². The minimum Gasteiger partial charge on any atom is -0.480 e. The number of nitrogens with two attached hydrogens (primary N) is 1. The molecule has 0 aromatic carbocycles. The SMILES string of the molecule is CC(=O)COCCCCC(N)C(=O)O. The van der Waals surface area contributed by atoms with E-state index in [0.717, 1.165) is 6.42 Å². The molecule has 5 nitrogen and oxygen atoms in total. The average Bonchev–Trinajstić information content (AvgIpc) is 2.09. The lowest BCUT2D eigenvalue weighted by Gasteiger charge is -2.05. The molecule has 0 saturated heterocycles. The molecule has 3 N–H and O–H groups in total.